The Morgan fingerprint density at radius 1 is 1.17 bits per heavy atom. The fraction of sp³-hybridized carbons (Fsp3) is 0.143. The molecule has 0 spiro atoms. The summed E-state index contributed by atoms with van der Waals surface area (Å²) in [4.78, 5) is 21.6. The summed E-state index contributed by atoms with van der Waals surface area (Å²) in [6, 6.07) is 9.76. The standard InChI is InChI=1S/C21H17ClFN5OS/c1-12(2)28-19(14-5-3-4-6-16(14)23)15(10-25-28)20(29)27-21-26-18(11-30-21)17-8-7-13(22)9-24-17/h3-12H,1-2H3,(H,26,27,29). The molecule has 1 aromatic carbocycles. The molecule has 0 unspecified atom stereocenters. The number of benzene rings is 1. The number of carbonyl (C=O) groups is 1. The molecule has 4 rings (SSSR count). The quantitative estimate of drug-likeness (QED) is 0.431. The summed E-state index contributed by atoms with van der Waals surface area (Å²) in [7, 11) is 0. The van der Waals surface area contributed by atoms with Gasteiger partial charge in [-0.15, -0.1) is 11.3 Å². The van der Waals surface area contributed by atoms with Crippen LogP contribution in [0.1, 0.15) is 30.2 Å². The highest BCUT2D eigenvalue weighted by atomic mass is 35.5. The van der Waals surface area contributed by atoms with E-state index in [-0.39, 0.29) is 11.6 Å². The lowest BCUT2D eigenvalue weighted by Gasteiger charge is -2.13. The second-order valence-corrected chi connectivity index (χ2v) is 8.07. The van der Waals surface area contributed by atoms with Gasteiger partial charge >= 0.3 is 0 Å². The Kier molecular flexibility index (Phi) is 5.61. The molecular weight excluding hydrogens is 425 g/mol. The van der Waals surface area contributed by atoms with E-state index in [4.69, 9.17) is 11.6 Å². The lowest BCUT2D eigenvalue weighted by Crippen LogP contribution is -2.14. The predicted molar refractivity (Wildman–Crippen MR) is 116 cm³/mol. The molecule has 152 valence electrons. The maximum absolute atomic E-state index is 14.5. The molecule has 0 saturated carbocycles. The minimum absolute atomic E-state index is 0.0522. The fourth-order valence-corrected chi connectivity index (χ4v) is 3.79. The van der Waals surface area contributed by atoms with Crippen LogP contribution in [0.3, 0.4) is 0 Å². The summed E-state index contributed by atoms with van der Waals surface area (Å²) in [5.41, 5.74) is 2.29. The molecule has 3 aromatic heterocycles. The fourth-order valence-electron chi connectivity index (χ4n) is 2.98. The van der Waals surface area contributed by atoms with Crippen molar-refractivity contribution in [3.8, 4) is 22.6 Å². The van der Waals surface area contributed by atoms with Crippen LogP contribution < -0.4 is 5.32 Å². The highest BCUT2D eigenvalue weighted by Gasteiger charge is 2.23. The summed E-state index contributed by atoms with van der Waals surface area (Å²) in [5.74, 6) is -0.829. The van der Waals surface area contributed by atoms with Crippen LogP contribution in [0, 0.1) is 5.82 Å². The van der Waals surface area contributed by atoms with Crippen LogP contribution in [0.4, 0.5) is 9.52 Å². The largest absolute Gasteiger partial charge is 0.298 e. The molecule has 30 heavy (non-hydrogen) atoms. The van der Waals surface area contributed by atoms with Gasteiger partial charge in [-0.25, -0.2) is 9.37 Å². The number of thiazole rings is 1. The molecule has 6 nitrogen and oxygen atoms in total. The first-order valence-corrected chi connectivity index (χ1v) is 10.4. The second kappa shape index (κ2) is 8.33. The number of nitrogens with zero attached hydrogens (tertiary/aromatic N) is 4. The molecule has 3 heterocycles. The zero-order valence-electron chi connectivity index (χ0n) is 16.1. The Morgan fingerprint density at radius 3 is 2.67 bits per heavy atom. The van der Waals surface area contributed by atoms with Crippen molar-refractivity contribution in [3.63, 3.8) is 0 Å². The molecule has 4 aromatic rings. The number of hydrogen-bond acceptors (Lipinski definition) is 5. The Labute approximate surface area is 181 Å². The van der Waals surface area contributed by atoms with E-state index in [0.29, 0.717) is 32.8 Å². The van der Waals surface area contributed by atoms with Gasteiger partial charge < -0.3 is 0 Å². The molecule has 0 atom stereocenters. The molecule has 9 heteroatoms. The van der Waals surface area contributed by atoms with Crippen molar-refractivity contribution in [1.82, 2.24) is 19.7 Å². The van der Waals surface area contributed by atoms with Gasteiger partial charge in [-0.05, 0) is 38.1 Å². The lowest BCUT2D eigenvalue weighted by atomic mass is 10.1. The molecule has 0 aliphatic heterocycles. The first-order chi connectivity index (χ1) is 14.4. The van der Waals surface area contributed by atoms with E-state index < -0.39 is 11.7 Å². The van der Waals surface area contributed by atoms with Gasteiger partial charge in [0.2, 0.25) is 0 Å². The van der Waals surface area contributed by atoms with Crippen molar-refractivity contribution < 1.29 is 9.18 Å². The Hall–Kier alpha value is -3.10. The normalized spacial score (nSPS) is 11.1. The summed E-state index contributed by atoms with van der Waals surface area (Å²) in [5, 5.41) is 9.82. The van der Waals surface area contributed by atoms with Gasteiger partial charge in [0, 0.05) is 23.2 Å². The second-order valence-electron chi connectivity index (χ2n) is 6.78. The number of amides is 1. The van der Waals surface area contributed by atoms with Crippen LogP contribution in [-0.4, -0.2) is 25.7 Å². The Morgan fingerprint density at radius 2 is 1.97 bits per heavy atom. The van der Waals surface area contributed by atoms with Gasteiger partial charge in [0.15, 0.2) is 5.13 Å². The first kappa shape index (κ1) is 20.2. The summed E-state index contributed by atoms with van der Waals surface area (Å²) in [6.45, 7) is 3.84. The first-order valence-electron chi connectivity index (χ1n) is 9.15. The number of carbonyl (C=O) groups excluding carboxylic acids is 1. The maximum Gasteiger partial charge on any atom is 0.261 e. The summed E-state index contributed by atoms with van der Waals surface area (Å²) >= 11 is 7.14. The molecular formula is C21H17ClFN5OS. The van der Waals surface area contributed by atoms with Gasteiger partial charge in [0.25, 0.3) is 5.91 Å². The summed E-state index contributed by atoms with van der Waals surface area (Å²) < 4.78 is 16.1. The van der Waals surface area contributed by atoms with Crippen LogP contribution in [0.2, 0.25) is 5.02 Å². The minimum atomic E-state index is -0.417. The highest BCUT2D eigenvalue weighted by Crippen LogP contribution is 2.30. The van der Waals surface area contributed by atoms with Crippen molar-refractivity contribution >= 4 is 34.0 Å². The Bertz CT molecular complexity index is 1200. The van der Waals surface area contributed by atoms with E-state index in [2.05, 4.69) is 20.4 Å². The van der Waals surface area contributed by atoms with Crippen molar-refractivity contribution in [2.45, 2.75) is 19.9 Å². The van der Waals surface area contributed by atoms with Crippen molar-refractivity contribution in [3.05, 3.63) is 70.6 Å². The average Bonchev–Trinajstić information content (AvgIpc) is 3.36. The van der Waals surface area contributed by atoms with Gasteiger partial charge in [-0.2, -0.15) is 5.10 Å². The number of rotatable bonds is 5. The molecule has 0 radical (unpaired) electrons. The zero-order valence-corrected chi connectivity index (χ0v) is 17.7. The number of pyridine rings is 1. The van der Waals surface area contributed by atoms with Crippen LogP contribution in [0.5, 0.6) is 0 Å². The number of anilines is 1. The lowest BCUT2D eigenvalue weighted by molar-refractivity contribution is 0.102. The molecule has 0 bridgehead atoms. The third kappa shape index (κ3) is 3.96. The highest BCUT2D eigenvalue weighted by molar-refractivity contribution is 7.14. The zero-order chi connectivity index (χ0) is 21.3. The van der Waals surface area contributed by atoms with E-state index in [1.807, 2.05) is 13.8 Å². The van der Waals surface area contributed by atoms with Crippen LogP contribution >= 0.6 is 22.9 Å². The Balaban J connectivity index is 1.65. The number of hydrogen-bond donors (Lipinski definition) is 1. The molecule has 0 fully saturated rings. The van der Waals surface area contributed by atoms with Crippen molar-refractivity contribution in [2.75, 3.05) is 5.32 Å². The monoisotopic (exact) mass is 441 g/mol. The van der Waals surface area contributed by atoms with Crippen LogP contribution in [0.25, 0.3) is 22.6 Å². The van der Waals surface area contributed by atoms with Gasteiger partial charge in [-0.1, -0.05) is 23.7 Å². The van der Waals surface area contributed by atoms with E-state index >= 15 is 0 Å². The van der Waals surface area contributed by atoms with E-state index in [9.17, 15) is 9.18 Å². The van der Waals surface area contributed by atoms with E-state index in [0.717, 1.165) is 0 Å². The minimum Gasteiger partial charge on any atom is -0.298 e. The van der Waals surface area contributed by atoms with Crippen LogP contribution in [0.15, 0.2) is 54.2 Å². The maximum atomic E-state index is 14.5. The SMILES string of the molecule is CC(C)n1ncc(C(=O)Nc2nc(-c3ccc(Cl)cn3)cs2)c1-c1ccccc1F. The topological polar surface area (TPSA) is 72.7 Å². The van der Waals surface area contributed by atoms with Crippen LogP contribution in [-0.2, 0) is 0 Å². The molecule has 0 aliphatic carbocycles. The molecule has 0 aliphatic rings. The van der Waals surface area contributed by atoms with E-state index in [1.165, 1.54) is 29.8 Å². The van der Waals surface area contributed by atoms with Crippen molar-refractivity contribution in [1.29, 1.82) is 0 Å². The average molecular weight is 442 g/mol. The van der Waals surface area contributed by atoms with Gasteiger partial charge in [0.1, 0.15) is 11.5 Å². The third-order valence-electron chi connectivity index (χ3n) is 4.37. The smallest absolute Gasteiger partial charge is 0.261 e. The van der Waals surface area contributed by atoms with Crippen molar-refractivity contribution in [2.24, 2.45) is 0 Å². The number of halogens is 2. The molecule has 1 amide bonds. The predicted octanol–water partition coefficient (Wildman–Crippen LogP) is 5.69. The summed E-state index contributed by atoms with van der Waals surface area (Å²) in [6.07, 6.45) is 2.99. The number of aromatic nitrogens is 4. The third-order valence-corrected chi connectivity index (χ3v) is 5.35. The van der Waals surface area contributed by atoms with Gasteiger partial charge in [-0.3, -0.25) is 19.8 Å². The van der Waals surface area contributed by atoms with Gasteiger partial charge in [0.05, 0.1) is 28.2 Å². The molecule has 0 saturated heterocycles. The molecule has 1 N–H and O–H groups in total. The van der Waals surface area contributed by atoms with E-state index in [1.54, 1.807) is 40.4 Å². The number of nitrogens with one attached hydrogen (secondary N) is 1.